The van der Waals surface area contributed by atoms with Crippen LogP contribution in [0.15, 0.2) is 29.3 Å². The van der Waals surface area contributed by atoms with E-state index in [0.717, 1.165) is 16.2 Å². The first kappa shape index (κ1) is 20.4. The summed E-state index contributed by atoms with van der Waals surface area (Å²) in [7, 11) is -4.18. The molecule has 1 aromatic carbocycles. The fourth-order valence-electron chi connectivity index (χ4n) is 2.08. The van der Waals surface area contributed by atoms with Crippen LogP contribution < -0.4 is 0 Å². The largest absolute Gasteiger partial charge is 0.452 e. The second-order valence-corrected chi connectivity index (χ2v) is 7.38. The Bertz CT molecular complexity index is 1020. The van der Waals surface area contributed by atoms with Crippen molar-refractivity contribution in [2.45, 2.75) is 11.2 Å². The van der Waals surface area contributed by atoms with Crippen molar-refractivity contribution in [2.75, 3.05) is 11.5 Å². The third-order valence-electron chi connectivity index (χ3n) is 3.03. The Balaban J connectivity index is 0.00000225. The predicted molar refractivity (Wildman–Crippen MR) is 86.2 cm³/mol. The van der Waals surface area contributed by atoms with E-state index in [4.69, 9.17) is 4.55 Å². The van der Waals surface area contributed by atoms with Crippen molar-refractivity contribution in [2.24, 2.45) is 0 Å². The van der Waals surface area contributed by atoms with Gasteiger partial charge in [0.2, 0.25) is 5.82 Å². The molecule has 3 rings (SSSR count). The SMILES string of the molecule is O=S(=O)(O)CCSc1nc2ccccc2n2c(C(F)(F)F)nnc12.[Na]. The third-order valence-corrected chi connectivity index (χ3v) is 4.97. The normalized spacial score (nSPS) is 12.5. The molecule has 1 N–H and O–H groups in total. The van der Waals surface area contributed by atoms with Gasteiger partial charge in [-0.2, -0.15) is 21.6 Å². The monoisotopic (exact) mass is 401 g/mol. The fraction of sp³-hybridized carbons (Fsp3) is 0.250. The molecule has 0 bridgehead atoms. The minimum absolute atomic E-state index is 0. The van der Waals surface area contributed by atoms with Crippen LogP contribution in [0.3, 0.4) is 0 Å². The number of hydrogen-bond donors (Lipinski definition) is 1. The molecule has 13 heteroatoms. The van der Waals surface area contributed by atoms with Gasteiger partial charge >= 0.3 is 6.18 Å². The van der Waals surface area contributed by atoms with Crippen LogP contribution >= 0.6 is 11.8 Å². The number of benzene rings is 1. The van der Waals surface area contributed by atoms with Gasteiger partial charge in [-0.15, -0.1) is 22.0 Å². The second-order valence-electron chi connectivity index (χ2n) is 4.72. The summed E-state index contributed by atoms with van der Waals surface area (Å²) >= 11 is 0.875. The molecule has 7 nitrogen and oxygen atoms in total. The first-order valence-electron chi connectivity index (χ1n) is 6.46. The van der Waals surface area contributed by atoms with Gasteiger partial charge in [0, 0.05) is 35.3 Å². The van der Waals surface area contributed by atoms with Crippen molar-refractivity contribution in [3.63, 3.8) is 0 Å². The smallest absolute Gasteiger partial charge is 0.286 e. The van der Waals surface area contributed by atoms with E-state index >= 15 is 0 Å². The minimum atomic E-state index is -4.71. The molecule has 3 aromatic rings. The molecule has 0 atom stereocenters. The molecule has 0 unspecified atom stereocenters. The maximum absolute atomic E-state index is 13.2. The van der Waals surface area contributed by atoms with E-state index in [0.29, 0.717) is 0 Å². The van der Waals surface area contributed by atoms with Crippen molar-refractivity contribution in [3.05, 3.63) is 30.1 Å². The van der Waals surface area contributed by atoms with Crippen LogP contribution in [0.25, 0.3) is 16.7 Å². The van der Waals surface area contributed by atoms with Crippen molar-refractivity contribution in [1.82, 2.24) is 19.6 Å². The van der Waals surface area contributed by atoms with Crippen molar-refractivity contribution in [1.29, 1.82) is 0 Å². The maximum Gasteiger partial charge on any atom is 0.452 e. The Labute approximate surface area is 166 Å². The number of halogens is 3. The quantitative estimate of drug-likeness (QED) is 0.405. The summed E-state index contributed by atoms with van der Waals surface area (Å²) in [6.45, 7) is 0. The average Bonchev–Trinajstić information content (AvgIpc) is 2.91. The first-order valence-corrected chi connectivity index (χ1v) is 9.05. The molecular formula is C12H9F3N4NaO3S2. The Hall–Kier alpha value is -0.920. The van der Waals surface area contributed by atoms with Gasteiger partial charge in [0.1, 0.15) is 5.03 Å². The van der Waals surface area contributed by atoms with Crippen LogP contribution in [0.2, 0.25) is 0 Å². The summed E-state index contributed by atoms with van der Waals surface area (Å²) in [6.07, 6.45) is -4.71. The van der Waals surface area contributed by atoms with Crippen LogP contribution in [0.5, 0.6) is 0 Å². The summed E-state index contributed by atoms with van der Waals surface area (Å²) in [5, 5.41) is 6.85. The molecule has 0 saturated heterocycles. The molecule has 1 radical (unpaired) electrons. The molecule has 129 valence electrons. The summed E-state index contributed by atoms with van der Waals surface area (Å²) < 4.78 is 70.6. The van der Waals surface area contributed by atoms with E-state index in [9.17, 15) is 21.6 Å². The van der Waals surface area contributed by atoms with E-state index in [-0.39, 0.29) is 57.0 Å². The molecule has 25 heavy (non-hydrogen) atoms. The van der Waals surface area contributed by atoms with Crippen molar-refractivity contribution >= 4 is 68.1 Å². The Morgan fingerprint density at radius 1 is 1.20 bits per heavy atom. The number of thioether (sulfide) groups is 1. The predicted octanol–water partition coefficient (Wildman–Crippen LogP) is 1.90. The van der Waals surface area contributed by atoms with E-state index in [2.05, 4.69) is 15.2 Å². The second kappa shape index (κ2) is 7.37. The molecule has 2 aromatic heterocycles. The zero-order valence-corrected chi connectivity index (χ0v) is 16.4. The van der Waals surface area contributed by atoms with Gasteiger partial charge in [0.05, 0.1) is 16.8 Å². The number of nitrogens with zero attached hydrogens (tertiary/aromatic N) is 4. The maximum atomic E-state index is 13.2. The summed E-state index contributed by atoms with van der Waals surface area (Å²) in [6, 6.07) is 6.17. The van der Waals surface area contributed by atoms with Gasteiger partial charge in [-0.25, -0.2) is 4.98 Å². The summed E-state index contributed by atoms with van der Waals surface area (Å²) in [5.74, 6) is -1.83. The Morgan fingerprint density at radius 3 is 2.52 bits per heavy atom. The van der Waals surface area contributed by atoms with Gasteiger partial charge < -0.3 is 0 Å². The fourth-order valence-corrected chi connectivity index (χ4v) is 3.88. The van der Waals surface area contributed by atoms with Crippen LogP contribution in [-0.4, -0.2) is 73.6 Å². The molecule has 0 aliphatic rings. The molecule has 0 aliphatic heterocycles. The molecule has 0 aliphatic carbocycles. The molecule has 0 saturated carbocycles. The molecule has 0 fully saturated rings. The number of aromatic nitrogens is 4. The topological polar surface area (TPSA) is 97.5 Å². The number of hydrogen-bond acceptors (Lipinski definition) is 6. The van der Waals surface area contributed by atoms with Crippen LogP contribution in [0.1, 0.15) is 5.82 Å². The Morgan fingerprint density at radius 2 is 1.88 bits per heavy atom. The van der Waals surface area contributed by atoms with E-state index in [1.54, 1.807) is 12.1 Å². The number of fused-ring (bicyclic) bond motifs is 3. The number of alkyl halides is 3. The first-order chi connectivity index (χ1) is 11.2. The summed E-state index contributed by atoms with van der Waals surface area (Å²) in [4.78, 5) is 4.21. The van der Waals surface area contributed by atoms with Gasteiger partial charge in [0.25, 0.3) is 10.1 Å². The van der Waals surface area contributed by atoms with Gasteiger partial charge in [0.15, 0.2) is 5.65 Å². The third kappa shape index (κ3) is 4.44. The molecule has 0 spiro atoms. The minimum Gasteiger partial charge on any atom is -0.286 e. The molecule has 0 amide bonds. The van der Waals surface area contributed by atoms with Crippen molar-refractivity contribution < 1.29 is 26.1 Å². The molecule has 2 heterocycles. The van der Waals surface area contributed by atoms with Gasteiger partial charge in [-0.3, -0.25) is 8.95 Å². The van der Waals surface area contributed by atoms with E-state index < -0.39 is 27.9 Å². The van der Waals surface area contributed by atoms with Gasteiger partial charge in [-0.1, -0.05) is 12.1 Å². The molecular weight excluding hydrogens is 392 g/mol. The van der Waals surface area contributed by atoms with E-state index in [1.165, 1.54) is 12.1 Å². The van der Waals surface area contributed by atoms with E-state index in [1.807, 2.05) is 0 Å². The van der Waals surface area contributed by atoms with Crippen LogP contribution in [-0.2, 0) is 16.3 Å². The van der Waals surface area contributed by atoms with Crippen LogP contribution in [0, 0.1) is 0 Å². The number of rotatable bonds is 4. The van der Waals surface area contributed by atoms with Crippen LogP contribution in [0.4, 0.5) is 13.2 Å². The zero-order chi connectivity index (χ0) is 17.5. The van der Waals surface area contributed by atoms with Gasteiger partial charge in [-0.05, 0) is 12.1 Å². The zero-order valence-electron chi connectivity index (χ0n) is 12.7. The standard InChI is InChI=1S/C12H9F3N4O3S2.Na/c13-12(14,15)11-18-17-9-10(23-5-6-24(20,21)22)16-7-3-1-2-4-8(7)19(9)11;/h1-4H,5-6H2,(H,20,21,22);. The number of para-hydroxylation sites is 2. The average molecular weight is 401 g/mol. The van der Waals surface area contributed by atoms with Crippen molar-refractivity contribution in [3.8, 4) is 0 Å². The Kier molecular flexibility index (Phi) is 6.01. The summed E-state index contributed by atoms with van der Waals surface area (Å²) in [5.41, 5.74) is 0.343.